The predicted octanol–water partition coefficient (Wildman–Crippen LogP) is 2.58. The largest absolute Gasteiger partial charge is 0.497 e. The van der Waals surface area contributed by atoms with Gasteiger partial charge in [-0.15, -0.1) is 0 Å². The van der Waals surface area contributed by atoms with E-state index in [0.29, 0.717) is 11.0 Å². The smallest absolute Gasteiger partial charge is 0.254 e. The monoisotopic (exact) mass is 359 g/mol. The number of nitrogens with zero attached hydrogens (tertiary/aromatic N) is 3. The van der Waals surface area contributed by atoms with Crippen LogP contribution in [0.2, 0.25) is 0 Å². The molecule has 2 aliphatic heterocycles. The number of carbonyl (C=O) groups is 1. The normalized spacial score (nSPS) is 19.7. The summed E-state index contributed by atoms with van der Waals surface area (Å²) in [5.74, 6) is 0.845. The first-order valence-corrected chi connectivity index (χ1v) is 9.85. The van der Waals surface area contributed by atoms with E-state index in [4.69, 9.17) is 4.74 Å². The van der Waals surface area contributed by atoms with Crippen molar-refractivity contribution in [3.63, 3.8) is 0 Å². The van der Waals surface area contributed by atoms with Crippen LogP contribution in [0.3, 0.4) is 0 Å². The third-order valence-corrected chi connectivity index (χ3v) is 5.48. The molecule has 2 fully saturated rings. The zero-order valence-corrected chi connectivity index (χ0v) is 16.5. The predicted molar refractivity (Wildman–Crippen MR) is 105 cm³/mol. The highest BCUT2D eigenvalue weighted by Crippen LogP contribution is 2.23. The molecule has 5 nitrogen and oxygen atoms in total. The van der Waals surface area contributed by atoms with Crippen molar-refractivity contribution in [2.75, 3.05) is 59.5 Å². The lowest BCUT2D eigenvalue weighted by Gasteiger charge is -2.40. The topological polar surface area (TPSA) is 36.0 Å². The second-order valence-corrected chi connectivity index (χ2v) is 8.45. The molecule has 144 valence electrons. The van der Waals surface area contributed by atoms with Gasteiger partial charge in [-0.05, 0) is 49.5 Å². The Kier molecular flexibility index (Phi) is 6.20. The lowest BCUT2D eigenvalue weighted by Crippen LogP contribution is -2.52. The molecular weight excluding hydrogens is 326 g/mol. The molecule has 0 aromatic heterocycles. The summed E-state index contributed by atoms with van der Waals surface area (Å²) in [6.07, 6.45) is 2.70. The molecule has 1 amide bonds. The number of benzene rings is 1. The van der Waals surface area contributed by atoms with Crippen LogP contribution in [-0.4, -0.2) is 80.1 Å². The number of methoxy groups -OCH3 is 1. The number of likely N-dealkylation sites (tertiary alicyclic amines) is 1. The standard InChI is InChI=1S/C21H33N3O2/c1-21(2,16-22-9-4-5-10-22)17-23-11-13-24(14-12-23)20(25)18-7-6-8-19(15-18)26-3/h6-8,15H,4-5,9-14,16-17H2,1-3H3. The summed E-state index contributed by atoms with van der Waals surface area (Å²) >= 11 is 0. The van der Waals surface area contributed by atoms with Crippen molar-refractivity contribution in [1.82, 2.24) is 14.7 Å². The van der Waals surface area contributed by atoms with Gasteiger partial charge in [-0.1, -0.05) is 19.9 Å². The van der Waals surface area contributed by atoms with Crippen LogP contribution in [0, 0.1) is 5.41 Å². The Morgan fingerprint density at radius 3 is 2.23 bits per heavy atom. The zero-order valence-electron chi connectivity index (χ0n) is 16.5. The molecule has 5 heteroatoms. The highest BCUT2D eigenvalue weighted by molar-refractivity contribution is 5.94. The van der Waals surface area contributed by atoms with E-state index in [1.54, 1.807) is 7.11 Å². The van der Waals surface area contributed by atoms with Crippen molar-refractivity contribution < 1.29 is 9.53 Å². The fourth-order valence-corrected chi connectivity index (χ4v) is 4.25. The van der Waals surface area contributed by atoms with Crippen molar-refractivity contribution >= 4 is 5.91 Å². The molecule has 1 aromatic carbocycles. The Bertz CT molecular complexity index is 603. The molecule has 2 saturated heterocycles. The third kappa shape index (κ3) is 4.98. The van der Waals surface area contributed by atoms with Crippen LogP contribution in [0.1, 0.15) is 37.0 Å². The summed E-state index contributed by atoms with van der Waals surface area (Å²) in [7, 11) is 1.63. The van der Waals surface area contributed by atoms with E-state index < -0.39 is 0 Å². The fourth-order valence-electron chi connectivity index (χ4n) is 4.25. The van der Waals surface area contributed by atoms with Gasteiger partial charge in [0, 0.05) is 44.8 Å². The number of piperazine rings is 1. The van der Waals surface area contributed by atoms with E-state index >= 15 is 0 Å². The van der Waals surface area contributed by atoms with Crippen molar-refractivity contribution in [1.29, 1.82) is 0 Å². The maximum Gasteiger partial charge on any atom is 0.254 e. The second kappa shape index (κ2) is 8.40. The number of hydrogen-bond donors (Lipinski definition) is 0. The Hall–Kier alpha value is -1.59. The number of amides is 1. The summed E-state index contributed by atoms with van der Waals surface area (Å²) in [5.41, 5.74) is 1.01. The molecule has 3 rings (SSSR count). The fraction of sp³-hybridized carbons (Fsp3) is 0.667. The van der Waals surface area contributed by atoms with Crippen molar-refractivity contribution in [2.45, 2.75) is 26.7 Å². The van der Waals surface area contributed by atoms with E-state index in [0.717, 1.165) is 38.5 Å². The van der Waals surface area contributed by atoms with Gasteiger partial charge < -0.3 is 14.5 Å². The number of rotatable bonds is 6. The Morgan fingerprint density at radius 2 is 1.62 bits per heavy atom. The molecule has 0 spiro atoms. The lowest BCUT2D eigenvalue weighted by atomic mass is 9.91. The van der Waals surface area contributed by atoms with E-state index in [2.05, 4.69) is 23.6 Å². The number of ether oxygens (including phenoxy) is 1. The molecule has 0 saturated carbocycles. The van der Waals surface area contributed by atoms with Gasteiger partial charge >= 0.3 is 0 Å². The van der Waals surface area contributed by atoms with Crippen LogP contribution in [0.15, 0.2) is 24.3 Å². The summed E-state index contributed by atoms with van der Waals surface area (Å²) in [6, 6.07) is 7.45. The van der Waals surface area contributed by atoms with Crippen molar-refractivity contribution in [3.05, 3.63) is 29.8 Å². The van der Waals surface area contributed by atoms with Crippen molar-refractivity contribution in [2.24, 2.45) is 5.41 Å². The zero-order chi connectivity index (χ0) is 18.6. The van der Waals surface area contributed by atoms with Gasteiger partial charge in [0.2, 0.25) is 0 Å². The van der Waals surface area contributed by atoms with E-state index in [9.17, 15) is 4.79 Å². The quantitative estimate of drug-likeness (QED) is 0.782. The lowest BCUT2D eigenvalue weighted by molar-refractivity contribution is 0.0549. The number of carbonyl (C=O) groups excluding carboxylic acids is 1. The first-order chi connectivity index (χ1) is 12.5. The highest BCUT2D eigenvalue weighted by atomic mass is 16.5. The van der Waals surface area contributed by atoms with Gasteiger partial charge in [0.1, 0.15) is 5.75 Å². The Labute approximate surface area is 157 Å². The summed E-state index contributed by atoms with van der Waals surface area (Å²) in [5, 5.41) is 0. The maximum atomic E-state index is 12.7. The molecule has 0 radical (unpaired) electrons. The molecule has 0 bridgehead atoms. The second-order valence-electron chi connectivity index (χ2n) is 8.45. The van der Waals surface area contributed by atoms with Gasteiger partial charge in [0.05, 0.1) is 7.11 Å². The van der Waals surface area contributed by atoms with Gasteiger partial charge in [-0.3, -0.25) is 9.69 Å². The summed E-state index contributed by atoms with van der Waals surface area (Å²) in [6.45, 7) is 13.1. The highest BCUT2D eigenvalue weighted by Gasteiger charge is 2.29. The van der Waals surface area contributed by atoms with Crippen LogP contribution in [0.4, 0.5) is 0 Å². The van der Waals surface area contributed by atoms with E-state index in [1.165, 1.54) is 32.5 Å². The third-order valence-electron chi connectivity index (χ3n) is 5.48. The molecule has 0 unspecified atom stereocenters. The molecule has 2 aliphatic rings. The van der Waals surface area contributed by atoms with E-state index in [-0.39, 0.29) is 5.91 Å². The first kappa shape index (κ1) is 19.2. The minimum Gasteiger partial charge on any atom is -0.497 e. The number of hydrogen-bond acceptors (Lipinski definition) is 4. The summed E-state index contributed by atoms with van der Waals surface area (Å²) < 4.78 is 5.24. The molecule has 0 atom stereocenters. The van der Waals surface area contributed by atoms with Gasteiger partial charge in [0.15, 0.2) is 0 Å². The molecule has 1 aromatic rings. The average Bonchev–Trinajstić information content (AvgIpc) is 3.13. The average molecular weight is 360 g/mol. The molecule has 0 aliphatic carbocycles. The summed E-state index contributed by atoms with van der Waals surface area (Å²) in [4.78, 5) is 19.8. The molecular formula is C21H33N3O2. The van der Waals surface area contributed by atoms with Gasteiger partial charge in [0.25, 0.3) is 5.91 Å². The minimum atomic E-state index is 0.111. The first-order valence-electron chi connectivity index (χ1n) is 9.85. The Balaban J connectivity index is 1.49. The van der Waals surface area contributed by atoms with Crippen LogP contribution in [0.5, 0.6) is 5.75 Å². The van der Waals surface area contributed by atoms with Crippen LogP contribution in [0.25, 0.3) is 0 Å². The van der Waals surface area contributed by atoms with Crippen LogP contribution in [-0.2, 0) is 0 Å². The minimum absolute atomic E-state index is 0.111. The van der Waals surface area contributed by atoms with E-state index in [1.807, 2.05) is 29.2 Å². The molecule has 2 heterocycles. The Morgan fingerprint density at radius 1 is 1.00 bits per heavy atom. The molecule has 26 heavy (non-hydrogen) atoms. The van der Waals surface area contributed by atoms with Gasteiger partial charge in [-0.25, -0.2) is 0 Å². The molecule has 0 N–H and O–H groups in total. The maximum absolute atomic E-state index is 12.7. The van der Waals surface area contributed by atoms with Crippen LogP contribution >= 0.6 is 0 Å². The SMILES string of the molecule is COc1cccc(C(=O)N2CCN(CC(C)(C)CN3CCCC3)CC2)c1. The van der Waals surface area contributed by atoms with Crippen molar-refractivity contribution in [3.8, 4) is 5.75 Å². The van der Waals surface area contributed by atoms with Crippen LogP contribution < -0.4 is 4.74 Å². The van der Waals surface area contributed by atoms with Gasteiger partial charge in [-0.2, -0.15) is 0 Å².